The van der Waals surface area contributed by atoms with Crippen molar-refractivity contribution < 1.29 is 9.84 Å². The molecule has 1 aromatic carbocycles. The van der Waals surface area contributed by atoms with Crippen molar-refractivity contribution in [2.45, 2.75) is 32.8 Å². The number of aliphatic hydroxyl groups excluding tert-OH is 1. The summed E-state index contributed by atoms with van der Waals surface area (Å²) in [7, 11) is 1.64. The lowest BCUT2D eigenvalue weighted by Gasteiger charge is -2.23. The van der Waals surface area contributed by atoms with Crippen LogP contribution in [0.4, 0.5) is 0 Å². The smallest absolute Gasteiger partial charge is 0.119 e. The molecule has 0 aliphatic rings. The van der Waals surface area contributed by atoms with E-state index in [2.05, 4.69) is 18.7 Å². The van der Waals surface area contributed by atoms with Gasteiger partial charge in [-0.05, 0) is 37.2 Å². The van der Waals surface area contributed by atoms with Crippen molar-refractivity contribution >= 4 is 0 Å². The second-order valence-corrected chi connectivity index (χ2v) is 4.54. The number of unbranched alkanes of at least 4 members (excludes halogenated alkanes) is 1. The number of hydrogen-bond acceptors (Lipinski definition) is 3. The van der Waals surface area contributed by atoms with Crippen molar-refractivity contribution in [3.63, 3.8) is 0 Å². The molecule has 0 radical (unpaired) electrons. The molecule has 102 valence electrons. The highest BCUT2D eigenvalue weighted by Gasteiger charge is 2.12. The van der Waals surface area contributed by atoms with Crippen LogP contribution in [0, 0.1) is 0 Å². The van der Waals surface area contributed by atoms with Crippen molar-refractivity contribution in [3.05, 3.63) is 29.8 Å². The second kappa shape index (κ2) is 8.11. The summed E-state index contributed by atoms with van der Waals surface area (Å²) in [5.74, 6) is 0.795. The topological polar surface area (TPSA) is 32.7 Å². The number of likely N-dealkylation sites (N-methyl/N-ethyl adjacent to an activating group) is 1. The molecule has 1 N–H and O–H groups in total. The lowest BCUT2D eigenvalue weighted by molar-refractivity contribution is 0.115. The van der Waals surface area contributed by atoms with Crippen LogP contribution in [0.5, 0.6) is 5.75 Å². The molecule has 0 aliphatic carbocycles. The van der Waals surface area contributed by atoms with Gasteiger partial charge in [-0.3, -0.25) is 0 Å². The molecule has 0 aliphatic heterocycles. The summed E-state index contributed by atoms with van der Waals surface area (Å²) in [5.41, 5.74) is 0.921. The van der Waals surface area contributed by atoms with Gasteiger partial charge in [0.15, 0.2) is 0 Å². The highest BCUT2D eigenvalue weighted by molar-refractivity contribution is 5.29. The van der Waals surface area contributed by atoms with E-state index in [0.29, 0.717) is 6.54 Å². The third-order valence-corrected chi connectivity index (χ3v) is 3.18. The van der Waals surface area contributed by atoms with Crippen molar-refractivity contribution in [3.8, 4) is 5.75 Å². The van der Waals surface area contributed by atoms with Crippen LogP contribution in [0.25, 0.3) is 0 Å². The number of hydrogen-bond donors (Lipinski definition) is 1. The third-order valence-electron chi connectivity index (χ3n) is 3.18. The van der Waals surface area contributed by atoms with Crippen molar-refractivity contribution in [1.29, 1.82) is 0 Å². The van der Waals surface area contributed by atoms with Crippen molar-refractivity contribution in [1.82, 2.24) is 4.90 Å². The van der Waals surface area contributed by atoms with Gasteiger partial charge >= 0.3 is 0 Å². The van der Waals surface area contributed by atoms with E-state index in [0.717, 1.165) is 24.4 Å². The first-order chi connectivity index (χ1) is 8.71. The van der Waals surface area contributed by atoms with Gasteiger partial charge in [-0.2, -0.15) is 0 Å². The number of methoxy groups -OCH3 is 1. The number of benzene rings is 1. The monoisotopic (exact) mass is 251 g/mol. The Balaban J connectivity index is 2.59. The van der Waals surface area contributed by atoms with Crippen molar-refractivity contribution in [2.24, 2.45) is 0 Å². The summed E-state index contributed by atoms with van der Waals surface area (Å²) < 4.78 is 5.18. The third kappa shape index (κ3) is 4.67. The van der Waals surface area contributed by atoms with Crippen LogP contribution in [0.3, 0.4) is 0 Å². The lowest BCUT2D eigenvalue weighted by Crippen LogP contribution is -2.29. The quantitative estimate of drug-likeness (QED) is 0.771. The molecule has 3 heteroatoms. The number of aliphatic hydroxyl groups is 1. The van der Waals surface area contributed by atoms with E-state index in [1.54, 1.807) is 7.11 Å². The van der Waals surface area contributed by atoms with Crippen LogP contribution in [0.2, 0.25) is 0 Å². The van der Waals surface area contributed by atoms with Crippen LogP contribution in [-0.4, -0.2) is 36.8 Å². The Kier molecular flexibility index (Phi) is 6.76. The highest BCUT2D eigenvalue weighted by atomic mass is 16.5. The number of nitrogens with zero attached hydrogens (tertiary/aromatic N) is 1. The summed E-state index contributed by atoms with van der Waals surface area (Å²) in [6.07, 6.45) is 1.92. The fourth-order valence-electron chi connectivity index (χ4n) is 1.96. The Bertz CT molecular complexity index is 341. The minimum absolute atomic E-state index is 0.447. The molecular formula is C15H25NO2. The Morgan fingerprint density at radius 1 is 1.33 bits per heavy atom. The highest BCUT2D eigenvalue weighted by Crippen LogP contribution is 2.20. The maximum absolute atomic E-state index is 10.2. The van der Waals surface area contributed by atoms with E-state index in [1.165, 1.54) is 12.8 Å². The number of rotatable bonds is 8. The van der Waals surface area contributed by atoms with Crippen LogP contribution in [0.15, 0.2) is 24.3 Å². The van der Waals surface area contributed by atoms with Gasteiger partial charge in [0.1, 0.15) is 5.75 Å². The minimum atomic E-state index is -0.447. The van der Waals surface area contributed by atoms with Gasteiger partial charge in [0.05, 0.1) is 13.2 Å². The maximum Gasteiger partial charge on any atom is 0.119 e. The molecule has 0 aromatic heterocycles. The van der Waals surface area contributed by atoms with Crippen LogP contribution >= 0.6 is 0 Å². The average Bonchev–Trinajstić information content (AvgIpc) is 2.43. The molecule has 1 aromatic rings. The summed E-state index contributed by atoms with van der Waals surface area (Å²) in [6.45, 7) is 7.03. The molecule has 0 saturated heterocycles. The molecule has 1 rings (SSSR count). The van der Waals surface area contributed by atoms with E-state index in [1.807, 2.05) is 24.3 Å². The summed E-state index contributed by atoms with van der Waals surface area (Å²) in [4.78, 5) is 2.29. The predicted molar refractivity (Wildman–Crippen MR) is 75.0 cm³/mol. The molecule has 3 nitrogen and oxygen atoms in total. The zero-order valence-corrected chi connectivity index (χ0v) is 11.7. The second-order valence-electron chi connectivity index (χ2n) is 4.54. The molecule has 0 heterocycles. The largest absolute Gasteiger partial charge is 0.497 e. The predicted octanol–water partition coefficient (Wildman–Crippen LogP) is 2.85. The normalized spacial score (nSPS) is 12.7. The van der Waals surface area contributed by atoms with E-state index in [4.69, 9.17) is 4.74 Å². The molecule has 0 fully saturated rings. The standard InChI is InChI=1S/C15H25NO2/c1-4-6-10-16(5-2)12-15(17)13-8-7-9-14(11-13)18-3/h7-9,11,15,17H,4-6,10,12H2,1-3H3. The minimum Gasteiger partial charge on any atom is -0.497 e. The van der Waals surface area contributed by atoms with Gasteiger partial charge in [-0.1, -0.05) is 32.4 Å². The van der Waals surface area contributed by atoms with E-state index < -0.39 is 6.10 Å². The first-order valence-electron chi connectivity index (χ1n) is 6.75. The number of ether oxygens (including phenoxy) is 1. The van der Waals surface area contributed by atoms with Crippen LogP contribution in [-0.2, 0) is 0 Å². The average molecular weight is 251 g/mol. The molecule has 18 heavy (non-hydrogen) atoms. The molecular weight excluding hydrogens is 226 g/mol. The Morgan fingerprint density at radius 2 is 2.11 bits per heavy atom. The van der Waals surface area contributed by atoms with Gasteiger partial charge in [-0.25, -0.2) is 0 Å². The van der Waals surface area contributed by atoms with Crippen LogP contribution < -0.4 is 4.74 Å². The van der Waals surface area contributed by atoms with Crippen LogP contribution in [0.1, 0.15) is 38.4 Å². The van der Waals surface area contributed by atoms with E-state index in [9.17, 15) is 5.11 Å². The van der Waals surface area contributed by atoms with E-state index >= 15 is 0 Å². The van der Waals surface area contributed by atoms with Gasteiger partial charge in [0.25, 0.3) is 0 Å². The Hall–Kier alpha value is -1.06. The summed E-state index contributed by atoms with van der Waals surface area (Å²) in [5, 5.41) is 10.2. The van der Waals surface area contributed by atoms with Gasteiger partial charge < -0.3 is 14.7 Å². The van der Waals surface area contributed by atoms with Gasteiger partial charge in [0, 0.05) is 6.54 Å². The first kappa shape index (κ1) is 15.0. The summed E-state index contributed by atoms with van der Waals surface area (Å²) in [6, 6.07) is 7.66. The molecule has 1 unspecified atom stereocenters. The molecule has 0 spiro atoms. The van der Waals surface area contributed by atoms with Gasteiger partial charge in [0.2, 0.25) is 0 Å². The van der Waals surface area contributed by atoms with Crippen molar-refractivity contribution in [2.75, 3.05) is 26.7 Å². The zero-order chi connectivity index (χ0) is 13.4. The molecule has 0 bridgehead atoms. The lowest BCUT2D eigenvalue weighted by atomic mass is 10.1. The SMILES string of the molecule is CCCCN(CC)CC(O)c1cccc(OC)c1. The van der Waals surface area contributed by atoms with E-state index in [-0.39, 0.29) is 0 Å². The first-order valence-corrected chi connectivity index (χ1v) is 6.75. The van der Waals surface area contributed by atoms with Gasteiger partial charge in [-0.15, -0.1) is 0 Å². The molecule has 0 amide bonds. The summed E-state index contributed by atoms with van der Waals surface area (Å²) >= 11 is 0. The maximum atomic E-state index is 10.2. The molecule has 0 saturated carbocycles. The fourth-order valence-corrected chi connectivity index (χ4v) is 1.96. The Labute approximate surface area is 110 Å². The molecule has 1 atom stereocenters. The Morgan fingerprint density at radius 3 is 2.72 bits per heavy atom. The zero-order valence-electron chi connectivity index (χ0n) is 11.7. The fraction of sp³-hybridized carbons (Fsp3) is 0.600.